The van der Waals surface area contributed by atoms with E-state index in [1.54, 1.807) is 12.4 Å². The van der Waals surface area contributed by atoms with Crippen molar-refractivity contribution < 1.29 is 8.78 Å². The van der Waals surface area contributed by atoms with Crippen molar-refractivity contribution in [3.63, 3.8) is 0 Å². The molecule has 2 aromatic rings. The average Bonchev–Trinajstić information content (AvgIpc) is 2.92. The van der Waals surface area contributed by atoms with Gasteiger partial charge in [-0.25, -0.2) is 13.8 Å². The number of piperidine rings is 1. The molecule has 0 atom stereocenters. The molecule has 0 bridgehead atoms. The zero-order valence-corrected chi connectivity index (χ0v) is 10.4. The highest BCUT2D eigenvalue weighted by atomic mass is 19.2. The van der Waals surface area contributed by atoms with Gasteiger partial charge in [0.05, 0.1) is 6.33 Å². The van der Waals surface area contributed by atoms with Gasteiger partial charge in [0.15, 0.2) is 11.6 Å². The van der Waals surface area contributed by atoms with Crippen LogP contribution in [-0.2, 0) is 0 Å². The van der Waals surface area contributed by atoms with Crippen molar-refractivity contribution in [1.29, 1.82) is 0 Å². The van der Waals surface area contributed by atoms with Crippen LogP contribution in [0.1, 0.15) is 24.5 Å². The maximum absolute atomic E-state index is 13.3. The van der Waals surface area contributed by atoms with Crippen LogP contribution in [0.25, 0.3) is 5.69 Å². The Hall–Kier alpha value is -1.75. The van der Waals surface area contributed by atoms with E-state index >= 15 is 0 Å². The monoisotopic (exact) mass is 263 g/mol. The number of rotatable bonds is 2. The normalized spacial score (nSPS) is 16.7. The highest BCUT2D eigenvalue weighted by Gasteiger charge is 2.19. The highest BCUT2D eigenvalue weighted by Crippen LogP contribution is 2.27. The third kappa shape index (κ3) is 2.38. The Bertz CT molecular complexity index is 574. The van der Waals surface area contributed by atoms with Crippen molar-refractivity contribution in [2.45, 2.75) is 18.8 Å². The van der Waals surface area contributed by atoms with E-state index in [2.05, 4.69) is 10.3 Å². The number of benzene rings is 1. The molecular weight excluding hydrogens is 248 g/mol. The molecule has 100 valence electrons. The Morgan fingerprint density at radius 2 is 1.95 bits per heavy atom. The molecule has 0 amide bonds. The minimum atomic E-state index is -0.831. The molecule has 19 heavy (non-hydrogen) atoms. The second-order valence-corrected chi connectivity index (χ2v) is 4.81. The van der Waals surface area contributed by atoms with Gasteiger partial charge in [0.25, 0.3) is 0 Å². The van der Waals surface area contributed by atoms with Crippen LogP contribution >= 0.6 is 0 Å². The van der Waals surface area contributed by atoms with Gasteiger partial charge >= 0.3 is 0 Å². The zero-order valence-electron chi connectivity index (χ0n) is 10.4. The Morgan fingerprint density at radius 1 is 1.16 bits per heavy atom. The van der Waals surface area contributed by atoms with Crippen LogP contribution < -0.4 is 5.32 Å². The molecule has 1 aromatic carbocycles. The van der Waals surface area contributed by atoms with Crippen molar-refractivity contribution >= 4 is 0 Å². The first-order chi connectivity index (χ1) is 9.25. The molecular formula is C14H15F2N3. The highest BCUT2D eigenvalue weighted by molar-refractivity contribution is 5.35. The lowest BCUT2D eigenvalue weighted by molar-refractivity contribution is 0.449. The van der Waals surface area contributed by atoms with E-state index < -0.39 is 11.6 Å². The van der Waals surface area contributed by atoms with E-state index in [-0.39, 0.29) is 0 Å². The minimum absolute atomic E-state index is 0.414. The zero-order chi connectivity index (χ0) is 13.2. The summed E-state index contributed by atoms with van der Waals surface area (Å²) in [6.45, 7) is 1.96. The molecule has 3 rings (SSSR count). The van der Waals surface area contributed by atoms with Crippen LogP contribution in [0.5, 0.6) is 0 Å². The van der Waals surface area contributed by atoms with Gasteiger partial charge in [-0.2, -0.15) is 0 Å². The molecule has 1 aromatic heterocycles. The summed E-state index contributed by atoms with van der Waals surface area (Å²) in [7, 11) is 0. The fourth-order valence-electron chi connectivity index (χ4n) is 2.58. The van der Waals surface area contributed by atoms with Gasteiger partial charge in [-0.05, 0) is 38.1 Å². The second kappa shape index (κ2) is 5.09. The van der Waals surface area contributed by atoms with Crippen molar-refractivity contribution in [1.82, 2.24) is 14.9 Å². The topological polar surface area (TPSA) is 29.9 Å². The number of hydrogen-bond donors (Lipinski definition) is 1. The summed E-state index contributed by atoms with van der Waals surface area (Å²) in [5, 5.41) is 3.31. The molecule has 1 aliphatic rings. The van der Waals surface area contributed by atoms with Crippen LogP contribution in [0.3, 0.4) is 0 Å². The van der Waals surface area contributed by atoms with Crippen LogP contribution in [0, 0.1) is 11.6 Å². The first-order valence-corrected chi connectivity index (χ1v) is 6.44. The first-order valence-electron chi connectivity index (χ1n) is 6.44. The molecule has 1 N–H and O–H groups in total. The lowest BCUT2D eigenvalue weighted by atomic mass is 9.95. The standard InChI is InChI=1S/C14H15F2N3/c15-12-2-1-11(7-13(12)16)19-9-18-8-14(19)10-3-5-17-6-4-10/h1-2,7-10,17H,3-6H2. The van der Waals surface area contributed by atoms with E-state index in [1.807, 2.05) is 10.8 Å². The molecule has 1 saturated heterocycles. The van der Waals surface area contributed by atoms with E-state index in [9.17, 15) is 8.78 Å². The molecule has 0 radical (unpaired) electrons. The van der Waals surface area contributed by atoms with Crippen molar-refractivity contribution in [3.05, 3.63) is 48.1 Å². The van der Waals surface area contributed by atoms with Crippen molar-refractivity contribution in [2.75, 3.05) is 13.1 Å². The third-order valence-electron chi connectivity index (χ3n) is 3.61. The minimum Gasteiger partial charge on any atom is -0.317 e. The van der Waals surface area contributed by atoms with Gasteiger partial charge in [-0.15, -0.1) is 0 Å². The van der Waals surface area contributed by atoms with E-state index in [0.717, 1.165) is 37.7 Å². The number of halogens is 2. The van der Waals surface area contributed by atoms with Crippen LogP contribution in [0.2, 0.25) is 0 Å². The Kier molecular flexibility index (Phi) is 3.29. The fourth-order valence-corrected chi connectivity index (χ4v) is 2.58. The smallest absolute Gasteiger partial charge is 0.160 e. The number of nitrogens with zero attached hydrogens (tertiary/aromatic N) is 2. The maximum Gasteiger partial charge on any atom is 0.160 e. The molecule has 5 heteroatoms. The number of nitrogens with one attached hydrogen (secondary N) is 1. The molecule has 0 saturated carbocycles. The van der Waals surface area contributed by atoms with E-state index in [0.29, 0.717) is 11.6 Å². The van der Waals surface area contributed by atoms with Gasteiger partial charge in [0, 0.05) is 29.6 Å². The van der Waals surface area contributed by atoms with Crippen molar-refractivity contribution in [2.24, 2.45) is 0 Å². The van der Waals surface area contributed by atoms with Crippen LogP contribution in [0.15, 0.2) is 30.7 Å². The van der Waals surface area contributed by atoms with Crippen molar-refractivity contribution in [3.8, 4) is 5.69 Å². The Morgan fingerprint density at radius 3 is 2.68 bits per heavy atom. The lowest BCUT2D eigenvalue weighted by Gasteiger charge is -2.23. The SMILES string of the molecule is Fc1ccc(-n2cncc2C2CCNCC2)cc1F. The lowest BCUT2D eigenvalue weighted by Crippen LogP contribution is -2.27. The predicted molar refractivity (Wildman–Crippen MR) is 68.3 cm³/mol. The second-order valence-electron chi connectivity index (χ2n) is 4.81. The quantitative estimate of drug-likeness (QED) is 0.902. The van der Waals surface area contributed by atoms with E-state index in [4.69, 9.17) is 0 Å². The average molecular weight is 263 g/mol. The molecule has 0 aliphatic carbocycles. The number of aromatic nitrogens is 2. The van der Waals surface area contributed by atoms with Gasteiger partial charge in [-0.1, -0.05) is 0 Å². The summed E-state index contributed by atoms with van der Waals surface area (Å²) < 4.78 is 28.2. The van der Waals surface area contributed by atoms with Gasteiger partial charge in [-0.3, -0.25) is 0 Å². The summed E-state index contributed by atoms with van der Waals surface area (Å²) in [5.74, 6) is -1.24. The predicted octanol–water partition coefficient (Wildman–Crippen LogP) is 2.62. The molecule has 3 nitrogen and oxygen atoms in total. The first kappa shape index (κ1) is 12.3. The fraction of sp³-hybridized carbons (Fsp3) is 0.357. The Balaban J connectivity index is 1.96. The summed E-state index contributed by atoms with van der Waals surface area (Å²) in [6, 6.07) is 3.93. The molecule has 1 fully saturated rings. The molecule has 1 aliphatic heterocycles. The van der Waals surface area contributed by atoms with E-state index in [1.165, 1.54) is 6.07 Å². The summed E-state index contributed by atoms with van der Waals surface area (Å²) in [5.41, 5.74) is 1.68. The molecule has 0 spiro atoms. The summed E-state index contributed by atoms with van der Waals surface area (Å²) in [6.07, 6.45) is 5.55. The number of imidazole rings is 1. The van der Waals surface area contributed by atoms with Gasteiger partial charge in [0.2, 0.25) is 0 Å². The summed E-state index contributed by atoms with van der Waals surface area (Å²) >= 11 is 0. The summed E-state index contributed by atoms with van der Waals surface area (Å²) in [4.78, 5) is 4.15. The largest absolute Gasteiger partial charge is 0.317 e. The number of hydrogen-bond acceptors (Lipinski definition) is 2. The van der Waals surface area contributed by atoms with Gasteiger partial charge < -0.3 is 9.88 Å². The van der Waals surface area contributed by atoms with Gasteiger partial charge in [0.1, 0.15) is 0 Å². The molecule has 0 unspecified atom stereocenters. The maximum atomic E-state index is 13.3. The van der Waals surface area contributed by atoms with Crippen LogP contribution in [0.4, 0.5) is 8.78 Å². The Labute approximate surface area is 110 Å². The third-order valence-corrected chi connectivity index (χ3v) is 3.61. The molecule has 2 heterocycles. The van der Waals surface area contributed by atoms with Crippen LogP contribution in [-0.4, -0.2) is 22.6 Å².